The number of nitrogens with zero attached hydrogens (tertiary/aromatic N) is 2. The number of imidazole rings is 1. The van der Waals surface area contributed by atoms with Crippen molar-refractivity contribution in [3.05, 3.63) is 88.7 Å². The fourth-order valence-corrected chi connectivity index (χ4v) is 3.23. The van der Waals surface area contributed by atoms with Crippen LogP contribution in [0.4, 0.5) is 5.69 Å². The van der Waals surface area contributed by atoms with Gasteiger partial charge in [-0.15, -0.1) is 0 Å². The summed E-state index contributed by atoms with van der Waals surface area (Å²) in [6, 6.07) is 17.8. The van der Waals surface area contributed by atoms with Crippen molar-refractivity contribution in [3.8, 4) is 11.3 Å². The molecule has 0 fully saturated rings. The Labute approximate surface area is 168 Å². The molecule has 0 atom stereocenters. The van der Waals surface area contributed by atoms with Gasteiger partial charge in [-0.2, -0.15) is 0 Å². The van der Waals surface area contributed by atoms with E-state index in [0.717, 1.165) is 11.3 Å². The molecule has 28 heavy (non-hydrogen) atoms. The molecule has 4 rings (SSSR count). The van der Waals surface area contributed by atoms with Crippen LogP contribution >= 0.6 is 15.9 Å². The molecule has 1 amide bonds. The Bertz CT molecular complexity index is 1200. The van der Waals surface area contributed by atoms with Crippen LogP contribution < -0.4 is 5.32 Å². The van der Waals surface area contributed by atoms with E-state index in [1.165, 1.54) is 6.07 Å². The molecule has 0 bridgehead atoms. The van der Waals surface area contributed by atoms with E-state index in [2.05, 4.69) is 26.2 Å². The van der Waals surface area contributed by atoms with E-state index >= 15 is 0 Å². The maximum atomic E-state index is 12.6. The lowest BCUT2D eigenvalue weighted by Gasteiger charge is -2.09. The summed E-state index contributed by atoms with van der Waals surface area (Å²) in [7, 11) is 0. The van der Waals surface area contributed by atoms with Crippen LogP contribution in [0.25, 0.3) is 16.9 Å². The molecule has 0 aliphatic carbocycles. The van der Waals surface area contributed by atoms with Crippen LogP contribution in [-0.2, 0) is 0 Å². The summed E-state index contributed by atoms with van der Waals surface area (Å²) in [5.74, 6) is -1.52. The third-order valence-corrected chi connectivity index (χ3v) is 4.75. The molecule has 0 aliphatic rings. The van der Waals surface area contributed by atoms with Crippen LogP contribution in [-0.4, -0.2) is 26.4 Å². The minimum atomic E-state index is -1.12. The van der Waals surface area contributed by atoms with E-state index in [1.54, 1.807) is 30.5 Å². The lowest BCUT2D eigenvalue weighted by atomic mass is 10.1. The third kappa shape index (κ3) is 3.52. The van der Waals surface area contributed by atoms with E-state index in [9.17, 15) is 14.7 Å². The maximum Gasteiger partial charge on any atom is 0.337 e. The number of halogens is 1. The monoisotopic (exact) mass is 435 g/mol. The Balaban J connectivity index is 1.64. The average molecular weight is 436 g/mol. The summed E-state index contributed by atoms with van der Waals surface area (Å²) in [6.45, 7) is 0. The number of carboxylic acid groups (broad SMARTS) is 1. The van der Waals surface area contributed by atoms with Gasteiger partial charge in [0.05, 0.1) is 16.9 Å². The highest BCUT2D eigenvalue weighted by Crippen LogP contribution is 2.23. The number of carbonyl (C=O) groups excluding carboxylic acids is 1. The lowest BCUT2D eigenvalue weighted by Crippen LogP contribution is -2.15. The molecular formula is C21H14BrN3O3. The van der Waals surface area contributed by atoms with Gasteiger partial charge in [0, 0.05) is 28.0 Å². The van der Waals surface area contributed by atoms with Gasteiger partial charge in [0.15, 0.2) is 0 Å². The van der Waals surface area contributed by atoms with Crippen LogP contribution in [0.15, 0.2) is 77.5 Å². The van der Waals surface area contributed by atoms with E-state index < -0.39 is 11.9 Å². The summed E-state index contributed by atoms with van der Waals surface area (Å²) < 4.78 is 2.46. The molecule has 0 spiro atoms. The maximum absolute atomic E-state index is 12.6. The highest BCUT2D eigenvalue weighted by Gasteiger charge is 2.15. The number of amides is 1. The summed E-state index contributed by atoms with van der Waals surface area (Å²) in [5, 5.41) is 12.0. The predicted octanol–water partition coefficient (Wildman–Crippen LogP) is 4.71. The van der Waals surface area contributed by atoms with Crippen LogP contribution in [0.1, 0.15) is 20.7 Å². The first-order valence-corrected chi connectivity index (χ1v) is 9.19. The average Bonchev–Trinajstić information content (AvgIpc) is 3.13. The number of aromatic carboxylic acids is 1. The largest absolute Gasteiger partial charge is 0.478 e. The number of hydrogen-bond donors (Lipinski definition) is 2. The number of nitrogens with one attached hydrogen (secondary N) is 1. The summed E-state index contributed by atoms with van der Waals surface area (Å²) in [4.78, 5) is 28.6. The smallest absolute Gasteiger partial charge is 0.337 e. The highest BCUT2D eigenvalue weighted by molar-refractivity contribution is 9.10. The Hall–Kier alpha value is -3.45. The molecule has 0 saturated carbocycles. The van der Waals surface area contributed by atoms with Crippen LogP contribution in [0, 0.1) is 0 Å². The van der Waals surface area contributed by atoms with Crippen molar-refractivity contribution >= 4 is 39.1 Å². The fraction of sp³-hybridized carbons (Fsp3) is 0. The molecule has 0 radical (unpaired) electrons. The number of aromatic nitrogens is 2. The predicted molar refractivity (Wildman–Crippen MR) is 110 cm³/mol. The number of fused-ring (bicyclic) bond motifs is 1. The Kier molecular flexibility index (Phi) is 4.67. The molecule has 2 heterocycles. The van der Waals surface area contributed by atoms with Crippen LogP contribution in [0.3, 0.4) is 0 Å². The summed E-state index contributed by atoms with van der Waals surface area (Å²) in [5.41, 5.74) is 3.04. The van der Waals surface area contributed by atoms with Crippen molar-refractivity contribution in [1.82, 2.24) is 9.38 Å². The second kappa shape index (κ2) is 7.28. The van der Waals surface area contributed by atoms with E-state index in [-0.39, 0.29) is 11.3 Å². The highest BCUT2D eigenvalue weighted by atomic mass is 79.9. The first kappa shape index (κ1) is 17.9. The summed E-state index contributed by atoms with van der Waals surface area (Å²) in [6.07, 6.45) is 3.65. The second-order valence-corrected chi connectivity index (χ2v) is 7.04. The number of pyridine rings is 1. The second-order valence-electron chi connectivity index (χ2n) is 6.12. The standard InChI is InChI=1S/C21H14BrN3O3/c22-15-6-7-17(16(11-15)21(27)28)24-20(26)14-8-9-25-12-18(23-19(25)10-14)13-4-2-1-3-5-13/h1-12H,(H,24,26)(H,27,28). The van der Waals surface area contributed by atoms with Crippen molar-refractivity contribution in [3.63, 3.8) is 0 Å². The molecule has 138 valence electrons. The Morgan fingerprint density at radius 3 is 2.57 bits per heavy atom. The normalized spacial score (nSPS) is 10.8. The van der Waals surface area contributed by atoms with E-state index in [4.69, 9.17) is 0 Å². The number of carbonyl (C=O) groups is 2. The number of carboxylic acids is 1. The van der Waals surface area contributed by atoms with Gasteiger partial charge in [0.2, 0.25) is 0 Å². The van der Waals surface area contributed by atoms with Crippen molar-refractivity contribution in [2.45, 2.75) is 0 Å². The zero-order valence-electron chi connectivity index (χ0n) is 14.5. The van der Waals surface area contributed by atoms with Gasteiger partial charge >= 0.3 is 5.97 Å². The number of benzene rings is 2. The van der Waals surface area contributed by atoms with Gasteiger partial charge in [0.1, 0.15) is 5.65 Å². The zero-order valence-corrected chi connectivity index (χ0v) is 16.1. The Morgan fingerprint density at radius 2 is 1.82 bits per heavy atom. The van der Waals surface area contributed by atoms with Gasteiger partial charge in [-0.25, -0.2) is 9.78 Å². The van der Waals surface area contributed by atoms with E-state index in [1.807, 2.05) is 40.9 Å². The first-order chi connectivity index (χ1) is 13.5. The molecule has 7 heteroatoms. The number of anilines is 1. The third-order valence-electron chi connectivity index (χ3n) is 4.25. The SMILES string of the molecule is O=C(Nc1ccc(Br)cc1C(=O)O)c1ccn2cc(-c3ccccc3)nc2c1. The summed E-state index contributed by atoms with van der Waals surface area (Å²) >= 11 is 3.24. The minimum absolute atomic E-state index is 0.0102. The molecule has 2 N–H and O–H groups in total. The van der Waals surface area contributed by atoms with Gasteiger partial charge in [-0.05, 0) is 30.3 Å². The van der Waals surface area contributed by atoms with Gasteiger partial charge in [-0.3, -0.25) is 4.79 Å². The molecule has 2 aromatic carbocycles. The van der Waals surface area contributed by atoms with Gasteiger partial charge in [0.25, 0.3) is 5.91 Å². The van der Waals surface area contributed by atoms with Crippen LogP contribution in [0.2, 0.25) is 0 Å². The Morgan fingerprint density at radius 1 is 1.04 bits per heavy atom. The number of rotatable bonds is 4. The quantitative estimate of drug-likeness (QED) is 0.485. The molecule has 0 unspecified atom stereocenters. The van der Waals surface area contributed by atoms with Crippen LogP contribution in [0.5, 0.6) is 0 Å². The molecule has 6 nitrogen and oxygen atoms in total. The lowest BCUT2D eigenvalue weighted by molar-refractivity contribution is 0.0698. The molecule has 0 saturated heterocycles. The molecular weight excluding hydrogens is 422 g/mol. The number of hydrogen-bond acceptors (Lipinski definition) is 3. The molecule has 4 aromatic rings. The minimum Gasteiger partial charge on any atom is -0.478 e. The molecule has 2 aromatic heterocycles. The van der Waals surface area contributed by atoms with Gasteiger partial charge < -0.3 is 14.8 Å². The van der Waals surface area contributed by atoms with E-state index in [0.29, 0.717) is 15.7 Å². The fourth-order valence-electron chi connectivity index (χ4n) is 2.87. The zero-order chi connectivity index (χ0) is 19.7. The van der Waals surface area contributed by atoms with Crippen molar-refractivity contribution < 1.29 is 14.7 Å². The van der Waals surface area contributed by atoms with Gasteiger partial charge in [-0.1, -0.05) is 46.3 Å². The topological polar surface area (TPSA) is 83.7 Å². The first-order valence-electron chi connectivity index (χ1n) is 8.39. The van der Waals surface area contributed by atoms with Crippen molar-refractivity contribution in [2.24, 2.45) is 0 Å². The molecule has 0 aliphatic heterocycles. The van der Waals surface area contributed by atoms with Crippen molar-refractivity contribution in [1.29, 1.82) is 0 Å². The van der Waals surface area contributed by atoms with Crippen molar-refractivity contribution in [2.75, 3.05) is 5.32 Å².